The fraction of sp³-hybridized carbons (Fsp3) is 0.0952. The van der Waals surface area contributed by atoms with Gasteiger partial charge in [-0.2, -0.15) is 0 Å². The number of nitrogens with one attached hydrogen (secondary N) is 1. The van der Waals surface area contributed by atoms with Gasteiger partial charge in [0, 0.05) is 39.2 Å². The number of ketones is 1. The molecule has 0 saturated carbocycles. The molecule has 154 valence electrons. The monoisotopic (exact) mass is 462 g/mol. The molecule has 3 aromatic carbocycles. The maximum absolute atomic E-state index is 11.7. The van der Waals surface area contributed by atoms with E-state index in [1.54, 1.807) is 18.2 Å². The first-order valence-electron chi connectivity index (χ1n) is 8.72. The maximum atomic E-state index is 11.7. The van der Waals surface area contributed by atoms with Crippen molar-refractivity contribution in [2.75, 3.05) is 5.32 Å². The van der Waals surface area contributed by atoms with Crippen molar-refractivity contribution in [2.45, 2.75) is 23.3 Å². The Hall–Kier alpha value is -2.74. The van der Waals surface area contributed by atoms with Crippen LogP contribution in [-0.4, -0.2) is 15.8 Å². The molecule has 0 amide bonds. The van der Waals surface area contributed by atoms with Gasteiger partial charge in [-0.05, 0) is 55.0 Å². The Morgan fingerprint density at radius 1 is 1.13 bits per heavy atom. The number of aromatic hydroxyl groups is 1. The van der Waals surface area contributed by atoms with E-state index in [-0.39, 0.29) is 34.4 Å². The average molecular weight is 463 g/mol. The molecule has 0 aliphatic carbocycles. The quantitative estimate of drug-likeness (QED) is 0.178. The Morgan fingerprint density at radius 3 is 2.47 bits per heavy atom. The number of carbonyl (C=O) groups excluding carboxylic acids is 1. The molecule has 0 aromatic heterocycles. The van der Waals surface area contributed by atoms with Crippen molar-refractivity contribution in [1.29, 1.82) is 0 Å². The number of carbonyl (C=O) groups is 1. The van der Waals surface area contributed by atoms with Crippen LogP contribution in [-0.2, 0) is 6.54 Å². The van der Waals surface area contributed by atoms with Crippen molar-refractivity contribution < 1.29 is 14.8 Å². The number of nitro benzene ring substituents is 1. The van der Waals surface area contributed by atoms with Crippen LogP contribution in [0.25, 0.3) is 0 Å². The Kier molecular flexibility index (Phi) is 6.87. The Balaban J connectivity index is 1.90. The van der Waals surface area contributed by atoms with E-state index < -0.39 is 4.92 Å². The van der Waals surface area contributed by atoms with Crippen LogP contribution < -0.4 is 5.32 Å². The third-order valence-corrected chi connectivity index (χ3v) is 5.89. The molecule has 0 unspecified atom stereocenters. The molecule has 0 aliphatic heterocycles. The molecular formula is C21H16Cl2N2O4S. The molecule has 0 atom stereocenters. The smallest absolute Gasteiger partial charge is 0.269 e. The predicted octanol–water partition coefficient (Wildman–Crippen LogP) is 6.57. The third-order valence-electron chi connectivity index (χ3n) is 4.22. The SMILES string of the molecule is CC(=O)c1cc(NCc2cc([N+](=O)[O-])ccc2Sc2ccc(Cl)cc2)cc(Cl)c1O. The maximum Gasteiger partial charge on any atom is 0.269 e. The van der Waals surface area contributed by atoms with Gasteiger partial charge >= 0.3 is 0 Å². The molecule has 3 rings (SSSR count). The van der Waals surface area contributed by atoms with Crippen LogP contribution >= 0.6 is 35.0 Å². The molecule has 0 heterocycles. The number of phenolic OH excluding ortho intramolecular Hbond substituents is 1. The lowest BCUT2D eigenvalue weighted by molar-refractivity contribution is -0.385. The molecule has 0 radical (unpaired) electrons. The van der Waals surface area contributed by atoms with Crippen LogP contribution in [0.2, 0.25) is 10.0 Å². The molecule has 2 N–H and O–H groups in total. The van der Waals surface area contributed by atoms with Crippen molar-refractivity contribution in [2.24, 2.45) is 0 Å². The summed E-state index contributed by atoms with van der Waals surface area (Å²) in [6.07, 6.45) is 0. The number of Topliss-reactive ketones (excluding diaryl/α,β-unsaturated/α-hetero) is 1. The van der Waals surface area contributed by atoms with E-state index in [2.05, 4.69) is 5.32 Å². The van der Waals surface area contributed by atoms with E-state index in [0.29, 0.717) is 16.3 Å². The lowest BCUT2D eigenvalue weighted by Gasteiger charge is -2.13. The molecule has 0 fully saturated rings. The van der Waals surface area contributed by atoms with E-state index in [1.807, 2.05) is 12.1 Å². The van der Waals surface area contributed by atoms with Crippen LogP contribution in [0.1, 0.15) is 22.8 Å². The fourth-order valence-corrected chi connectivity index (χ4v) is 3.98. The number of anilines is 1. The number of nitro groups is 1. The zero-order valence-corrected chi connectivity index (χ0v) is 18.0. The van der Waals surface area contributed by atoms with Gasteiger partial charge in [-0.1, -0.05) is 35.0 Å². The zero-order chi connectivity index (χ0) is 21.8. The van der Waals surface area contributed by atoms with E-state index >= 15 is 0 Å². The fourth-order valence-electron chi connectivity index (χ4n) is 2.71. The van der Waals surface area contributed by atoms with E-state index in [1.165, 1.54) is 43.0 Å². The molecule has 6 nitrogen and oxygen atoms in total. The van der Waals surface area contributed by atoms with Gasteiger partial charge in [-0.15, -0.1) is 0 Å². The first-order chi connectivity index (χ1) is 14.2. The van der Waals surface area contributed by atoms with E-state index in [0.717, 1.165) is 9.79 Å². The van der Waals surface area contributed by atoms with Gasteiger partial charge in [0.2, 0.25) is 0 Å². The lowest BCUT2D eigenvalue weighted by Crippen LogP contribution is -2.04. The normalized spacial score (nSPS) is 10.6. The molecule has 0 aliphatic rings. The van der Waals surface area contributed by atoms with Crippen LogP contribution in [0, 0.1) is 10.1 Å². The molecule has 9 heteroatoms. The van der Waals surface area contributed by atoms with Gasteiger partial charge in [-0.3, -0.25) is 14.9 Å². The molecule has 30 heavy (non-hydrogen) atoms. The second kappa shape index (κ2) is 9.38. The first-order valence-corrected chi connectivity index (χ1v) is 10.3. The summed E-state index contributed by atoms with van der Waals surface area (Å²) in [5.74, 6) is -0.601. The summed E-state index contributed by atoms with van der Waals surface area (Å²) < 4.78 is 0. The highest BCUT2D eigenvalue weighted by Gasteiger charge is 2.15. The summed E-state index contributed by atoms with van der Waals surface area (Å²) in [5.41, 5.74) is 1.27. The summed E-state index contributed by atoms with van der Waals surface area (Å²) in [4.78, 5) is 24.2. The molecule has 0 bridgehead atoms. The van der Waals surface area contributed by atoms with Crippen LogP contribution in [0.3, 0.4) is 0 Å². The number of non-ortho nitro benzene ring substituents is 1. The second-order valence-electron chi connectivity index (χ2n) is 6.37. The number of hydrogen-bond donors (Lipinski definition) is 2. The summed E-state index contributed by atoms with van der Waals surface area (Å²) in [6.45, 7) is 1.58. The zero-order valence-electron chi connectivity index (χ0n) is 15.7. The van der Waals surface area contributed by atoms with Crippen LogP contribution in [0.15, 0.2) is 64.4 Å². The van der Waals surface area contributed by atoms with Crippen molar-refractivity contribution in [3.63, 3.8) is 0 Å². The summed E-state index contributed by atoms with van der Waals surface area (Å²) >= 11 is 13.4. The van der Waals surface area contributed by atoms with Gasteiger partial charge < -0.3 is 10.4 Å². The van der Waals surface area contributed by atoms with Crippen molar-refractivity contribution in [3.05, 3.63) is 85.9 Å². The van der Waals surface area contributed by atoms with Gasteiger partial charge in [-0.25, -0.2) is 0 Å². The highest BCUT2D eigenvalue weighted by atomic mass is 35.5. The van der Waals surface area contributed by atoms with Crippen LogP contribution in [0.5, 0.6) is 5.75 Å². The summed E-state index contributed by atoms with van der Waals surface area (Å²) in [5, 5.41) is 24.9. The topological polar surface area (TPSA) is 92.5 Å². The number of hydrogen-bond acceptors (Lipinski definition) is 6. The van der Waals surface area contributed by atoms with Gasteiger partial charge in [0.25, 0.3) is 5.69 Å². The van der Waals surface area contributed by atoms with Gasteiger partial charge in [0.15, 0.2) is 5.78 Å². The largest absolute Gasteiger partial charge is 0.506 e. The predicted molar refractivity (Wildman–Crippen MR) is 119 cm³/mol. The number of rotatable bonds is 7. The number of nitrogens with zero attached hydrogens (tertiary/aromatic N) is 1. The van der Waals surface area contributed by atoms with E-state index in [9.17, 15) is 20.0 Å². The summed E-state index contributed by atoms with van der Waals surface area (Å²) in [6, 6.07) is 14.9. The highest BCUT2D eigenvalue weighted by Crippen LogP contribution is 2.35. The number of phenols is 1. The van der Waals surface area contributed by atoms with Gasteiger partial charge in [0.05, 0.1) is 15.5 Å². The minimum absolute atomic E-state index is 0.0274. The lowest BCUT2D eigenvalue weighted by atomic mass is 10.1. The average Bonchev–Trinajstić information content (AvgIpc) is 2.70. The minimum atomic E-state index is -0.453. The number of halogens is 2. The van der Waals surface area contributed by atoms with Crippen molar-refractivity contribution in [1.82, 2.24) is 0 Å². The summed E-state index contributed by atoms with van der Waals surface area (Å²) in [7, 11) is 0. The molecule has 0 saturated heterocycles. The second-order valence-corrected chi connectivity index (χ2v) is 8.33. The Labute approximate surface area is 187 Å². The van der Waals surface area contributed by atoms with Crippen molar-refractivity contribution >= 4 is 52.1 Å². The molecule has 0 spiro atoms. The standard InChI is InChI=1S/C21H16Cl2N2O4S/c1-12(26)18-9-15(10-19(23)21(18)27)24-11-13-8-16(25(28)29)4-7-20(13)30-17-5-2-14(22)3-6-17/h2-10,24,27H,11H2,1H3. The number of benzene rings is 3. The third kappa shape index (κ3) is 5.24. The highest BCUT2D eigenvalue weighted by molar-refractivity contribution is 7.99. The van der Waals surface area contributed by atoms with Crippen molar-refractivity contribution in [3.8, 4) is 5.75 Å². The Morgan fingerprint density at radius 2 is 1.83 bits per heavy atom. The first kappa shape index (κ1) is 22.0. The Bertz CT molecular complexity index is 1120. The van der Waals surface area contributed by atoms with Crippen LogP contribution in [0.4, 0.5) is 11.4 Å². The van der Waals surface area contributed by atoms with E-state index in [4.69, 9.17) is 23.2 Å². The molecular weight excluding hydrogens is 447 g/mol. The molecule has 3 aromatic rings. The minimum Gasteiger partial charge on any atom is -0.506 e. The van der Waals surface area contributed by atoms with Gasteiger partial charge in [0.1, 0.15) is 5.75 Å².